The van der Waals surface area contributed by atoms with Crippen molar-refractivity contribution in [2.24, 2.45) is 5.92 Å². The van der Waals surface area contributed by atoms with E-state index < -0.39 is 5.54 Å². The summed E-state index contributed by atoms with van der Waals surface area (Å²) < 4.78 is 5.49. The SMILES string of the molecule is C=C[C@@H]1OCC[C@H]1C(=O)NC1(C(=O)N(C)C)CCCCC1. The molecule has 1 aliphatic heterocycles. The lowest BCUT2D eigenvalue weighted by molar-refractivity contribution is -0.142. The molecule has 2 fully saturated rings. The van der Waals surface area contributed by atoms with Gasteiger partial charge in [-0.1, -0.05) is 25.3 Å². The van der Waals surface area contributed by atoms with Gasteiger partial charge in [0.2, 0.25) is 11.8 Å². The maximum atomic E-state index is 12.6. The Labute approximate surface area is 126 Å². The Morgan fingerprint density at radius 1 is 1.29 bits per heavy atom. The molecule has 2 aliphatic rings. The van der Waals surface area contributed by atoms with Crippen molar-refractivity contribution in [3.63, 3.8) is 0 Å². The van der Waals surface area contributed by atoms with Gasteiger partial charge in [0.05, 0.1) is 12.0 Å². The zero-order valence-electron chi connectivity index (χ0n) is 13.1. The lowest BCUT2D eigenvalue weighted by Crippen LogP contribution is -2.60. The van der Waals surface area contributed by atoms with Crippen LogP contribution in [-0.2, 0) is 14.3 Å². The first-order valence-corrected chi connectivity index (χ1v) is 7.78. The number of hydrogen-bond acceptors (Lipinski definition) is 3. The van der Waals surface area contributed by atoms with E-state index in [1.165, 1.54) is 0 Å². The van der Waals surface area contributed by atoms with Crippen molar-refractivity contribution in [3.05, 3.63) is 12.7 Å². The molecule has 118 valence electrons. The van der Waals surface area contributed by atoms with Crippen LogP contribution in [0.2, 0.25) is 0 Å². The summed E-state index contributed by atoms with van der Waals surface area (Å²) in [6, 6.07) is 0. The van der Waals surface area contributed by atoms with E-state index in [9.17, 15) is 9.59 Å². The summed E-state index contributed by atoms with van der Waals surface area (Å²) in [7, 11) is 3.49. The monoisotopic (exact) mass is 294 g/mol. The van der Waals surface area contributed by atoms with Gasteiger partial charge in [-0.05, 0) is 19.3 Å². The highest BCUT2D eigenvalue weighted by Crippen LogP contribution is 2.31. The Kier molecular flexibility index (Phi) is 5.04. The van der Waals surface area contributed by atoms with Gasteiger partial charge >= 0.3 is 0 Å². The summed E-state index contributed by atoms with van der Waals surface area (Å²) in [5, 5.41) is 3.06. The second kappa shape index (κ2) is 6.60. The zero-order chi connectivity index (χ0) is 15.5. The fourth-order valence-electron chi connectivity index (χ4n) is 3.43. The maximum absolute atomic E-state index is 12.6. The molecule has 0 radical (unpaired) electrons. The molecule has 0 unspecified atom stereocenters. The third-order valence-electron chi connectivity index (χ3n) is 4.59. The smallest absolute Gasteiger partial charge is 0.247 e. The molecular formula is C16H26N2O3. The van der Waals surface area contributed by atoms with Crippen molar-refractivity contribution in [3.8, 4) is 0 Å². The van der Waals surface area contributed by atoms with E-state index in [2.05, 4.69) is 11.9 Å². The number of rotatable bonds is 4. The Bertz CT molecular complexity index is 414. The Balaban J connectivity index is 2.13. The van der Waals surface area contributed by atoms with Crippen molar-refractivity contribution in [2.75, 3.05) is 20.7 Å². The molecule has 0 aromatic carbocycles. The second-order valence-electron chi connectivity index (χ2n) is 6.30. The second-order valence-corrected chi connectivity index (χ2v) is 6.30. The molecular weight excluding hydrogens is 268 g/mol. The quantitative estimate of drug-likeness (QED) is 0.799. The van der Waals surface area contributed by atoms with E-state index in [1.807, 2.05) is 0 Å². The topological polar surface area (TPSA) is 58.6 Å². The predicted octanol–water partition coefficient (Wildman–Crippen LogP) is 1.48. The van der Waals surface area contributed by atoms with Gasteiger partial charge in [-0.2, -0.15) is 0 Å². The lowest BCUT2D eigenvalue weighted by Gasteiger charge is -2.39. The van der Waals surface area contributed by atoms with Crippen molar-refractivity contribution >= 4 is 11.8 Å². The largest absolute Gasteiger partial charge is 0.373 e. The lowest BCUT2D eigenvalue weighted by atomic mass is 9.80. The average Bonchev–Trinajstić information content (AvgIpc) is 2.95. The van der Waals surface area contributed by atoms with Crippen LogP contribution in [0.3, 0.4) is 0 Å². The van der Waals surface area contributed by atoms with Gasteiger partial charge < -0.3 is 15.0 Å². The molecule has 5 heteroatoms. The molecule has 0 aromatic heterocycles. The summed E-state index contributed by atoms with van der Waals surface area (Å²) in [6.45, 7) is 4.30. The van der Waals surface area contributed by atoms with E-state index in [-0.39, 0.29) is 23.8 Å². The number of likely N-dealkylation sites (N-methyl/N-ethyl adjacent to an activating group) is 1. The first kappa shape index (κ1) is 16.0. The van der Waals surface area contributed by atoms with Crippen molar-refractivity contribution in [1.29, 1.82) is 0 Å². The Morgan fingerprint density at radius 3 is 2.52 bits per heavy atom. The van der Waals surface area contributed by atoms with Crippen LogP contribution in [0.1, 0.15) is 38.5 Å². The number of carbonyl (C=O) groups is 2. The van der Waals surface area contributed by atoms with Crippen LogP contribution in [0.5, 0.6) is 0 Å². The minimum atomic E-state index is -0.729. The molecule has 0 spiro atoms. The van der Waals surface area contributed by atoms with Gasteiger partial charge in [0, 0.05) is 20.7 Å². The highest BCUT2D eigenvalue weighted by molar-refractivity contribution is 5.92. The minimum Gasteiger partial charge on any atom is -0.373 e. The third kappa shape index (κ3) is 3.28. The molecule has 1 aliphatic carbocycles. The summed E-state index contributed by atoms with van der Waals surface area (Å²) in [5.74, 6) is -0.296. The van der Waals surface area contributed by atoms with Crippen LogP contribution < -0.4 is 5.32 Å². The van der Waals surface area contributed by atoms with Crippen molar-refractivity contribution in [2.45, 2.75) is 50.2 Å². The molecule has 0 bridgehead atoms. The third-order valence-corrected chi connectivity index (χ3v) is 4.59. The molecule has 2 atom stereocenters. The molecule has 2 amide bonds. The molecule has 2 rings (SSSR count). The van der Waals surface area contributed by atoms with Crippen LogP contribution in [0.4, 0.5) is 0 Å². The Morgan fingerprint density at radius 2 is 1.95 bits per heavy atom. The molecule has 1 saturated heterocycles. The molecule has 1 saturated carbocycles. The average molecular weight is 294 g/mol. The van der Waals surface area contributed by atoms with Crippen LogP contribution >= 0.6 is 0 Å². The van der Waals surface area contributed by atoms with Crippen LogP contribution in [0.25, 0.3) is 0 Å². The van der Waals surface area contributed by atoms with Gasteiger partial charge in [0.25, 0.3) is 0 Å². The summed E-state index contributed by atoms with van der Waals surface area (Å²) in [5.41, 5.74) is -0.729. The number of nitrogens with one attached hydrogen (secondary N) is 1. The maximum Gasteiger partial charge on any atom is 0.247 e. The fraction of sp³-hybridized carbons (Fsp3) is 0.750. The standard InChI is InChI=1S/C16H26N2O3/c1-4-13-12(8-11-21-13)14(19)17-16(15(20)18(2)3)9-6-5-7-10-16/h4,12-13H,1,5-11H2,2-3H3,(H,17,19)/t12-,13+/m1/s1. The number of hydrogen-bond donors (Lipinski definition) is 1. The van der Waals surface area contributed by atoms with Gasteiger partial charge in [-0.15, -0.1) is 6.58 Å². The minimum absolute atomic E-state index is 0.00428. The van der Waals surface area contributed by atoms with E-state index >= 15 is 0 Å². The van der Waals surface area contributed by atoms with Gasteiger partial charge in [0.1, 0.15) is 5.54 Å². The van der Waals surface area contributed by atoms with Crippen LogP contribution in [-0.4, -0.2) is 49.1 Å². The van der Waals surface area contributed by atoms with Gasteiger partial charge in [-0.25, -0.2) is 0 Å². The highest BCUT2D eigenvalue weighted by atomic mass is 16.5. The molecule has 0 aromatic rings. The first-order chi connectivity index (χ1) is 10.00. The zero-order valence-corrected chi connectivity index (χ0v) is 13.1. The van der Waals surface area contributed by atoms with E-state index in [4.69, 9.17) is 4.74 Å². The van der Waals surface area contributed by atoms with Crippen molar-refractivity contribution < 1.29 is 14.3 Å². The number of amides is 2. The van der Waals surface area contributed by atoms with E-state index in [0.717, 1.165) is 32.1 Å². The summed E-state index contributed by atoms with van der Waals surface area (Å²) in [4.78, 5) is 26.8. The van der Waals surface area contributed by atoms with Crippen LogP contribution in [0.15, 0.2) is 12.7 Å². The number of ether oxygens (including phenoxy) is 1. The normalized spacial score (nSPS) is 27.9. The molecule has 5 nitrogen and oxygen atoms in total. The van der Waals surface area contributed by atoms with E-state index in [0.29, 0.717) is 13.0 Å². The Hall–Kier alpha value is -1.36. The van der Waals surface area contributed by atoms with Gasteiger partial charge in [-0.3, -0.25) is 9.59 Å². The summed E-state index contributed by atoms with van der Waals surface area (Å²) in [6.07, 6.45) is 6.66. The highest BCUT2D eigenvalue weighted by Gasteiger charge is 2.44. The van der Waals surface area contributed by atoms with Gasteiger partial charge in [0.15, 0.2) is 0 Å². The summed E-state index contributed by atoms with van der Waals surface area (Å²) >= 11 is 0. The molecule has 21 heavy (non-hydrogen) atoms. The number of nitrogens with zero attached hydrogens (tertiary/aromatic N) is 1. The molecule has 1 N–H and O–H groups in total. The first-order valence-electron chi connectivity index (χ1n) is 7.78. The van der Waals surface area contributed by atoms with Crippen LogP contribution in [0, 0.1) is 5.92 Å². The molecule has 1 heterocycles. The van der Waals surface area contributed by atoms with E-state index in [1.54, 1.807) is 25.1 Å². The van der Waals surface area contributed by atoms with Crippen molar-refractivity contribution in [1.82, 2.24) is 10.2 Å². The predicted molar refractivity (Wildman–Crippen MR) is 80.7 cm³/mol. The number of carbonyl (C=O) groups excluding carboxylic acids is 2. The fourth-order valence-corrected chi connectivity index (χ4v) is 3.43.